The van der Waals surface area contributed by atoms with Crippen LogP contribution in [0.2, 0.25) is 5.02 Å². The van der Waals surface area contributed by atoms with Crippen LogP contribution in [0, 0.1) is 20.8 Å². The van der Waals surface area contributed by atoms with Gasteiger partial charge >= 0.3 is 6.18 Å². The second-order valence-corrected chi connectivity index (χ2v) is 7.98. The molecule has 0 aliphatic rings. The maximum atomic E-state index is 13.2. The van der Waals surface area contributed by atoms with Crippen molar-refractivity contribution in [3.8, 4) is 5.69 Å². The van der Waals surface area contributed by atoms with Gasteiger partial charge in [0.2, 0.25) is 5.91 Å². The van der Waals surface area contributed by atoms with Crippen molar-refractivity contribution in [1.82, 2.24) is 15.1 Å². The zero-order valence-electron chi connectivity index (χ0n) is 17.8. The Kier molecular flexibility index (Phi) is 6.95. The van der Waals surface area contributed by atoms with Gasteiger partial charge in [0.25, 0.3) is 0 Å². The molecule has 2 N–H and O–H groups in total. The van der Waals surface area contributed by atoms with E-state index in [0.29, 0.717) is 16.3 Å². The molecule has 1 amide bonds. The van der Waals surface area contributed by atoms with E-state index in [1.54, 1.807) is 17.7 Å². The number of carbonyl (C=O) groups is 1. The average Bonchev–Trinajstić information content (AvgIpc) is 3.01. The van der Waals surface area contributed by atoms with Crippen molar-refractivity contribution < 1.29 is 23.1 Å². The summed E-state index contributed by atoms with van der Waals surface area (Å²) in [4.78, 5) is 12.5. The zero-order valence-corrected chi connectivity index (χ0v) is 18.6. The minimum atomic E-state index is -4.59. The Bertz CT molecular complexity index is 1140. The Hall–Kier alpha value is -2.84. The van der Waals surface area contributed by atoms with Crippen LogP contribution in [0.15, 0.2) is 42.5 Å². The number of nitrogens with one attached hydrogen (secondary N) is 1. The number of hydrogen-bond acceptors (Lipinski definition) is 3. The predicted molar refractivity (Wildman–Crippen MR) is 116 cm³/mol. The summed E-state index contributed by atoms with van der Waals surface area (Å²) < 4.78 is 41.2. The molecule has 32 heavy (non-hydrogen) atoms. The summed E-state index contributed by atoms with van der Waals surface area (Å²) in [5.74, 6) is -0.429. The molecule has 5 nitrogen and oxygen atoms in total. The van der Waals surface area contributed by atoms with Gasteiger partial charge in [-0.25, -0.2) is 4.68 Å². The summed E-state index contributed by atoms with van der Waals surface area (Å²) in [6.45, 7) is 5.15. The number of alkyl halides is 3. The van der Waals surface area contributed by atoms with Crippen molar-refractivity contribution in [3.63, 3.8) is 0 Å². The van der Waals surface area contributed by atoms with E-state index in [2.05, 4.69) is 10.4 Å². The van der Waals surface area contributed by atoms with Crippen LogP contribution in [-0.4, -0.2) is 27.3 Å². The van der Waals surface area contributed by atoms with Crippen LogP contribution >= 0.6 is 11.6 Å². The smallest absolute Gasteiger partial charge is 0.387 e. The molecule has 1 unspecified atom stereocenters. The molecule has 0 radical (unpaired) electrons. The van der Waals surface area contributed by atoms with Gasteiger partial charge in [-0.05, 0) is 50.1 Å². The van der Waals surface area contributed by atoms with Crippen LogP contribution < -0.4 is 5.32 Å². The van der Waals surface area contributed by atoms with Gasteiger partial charge in [-0.1, -0.05) is 35.9 Å². The molecule has 0 spiro atoms. The molecule has 1 aromatic heterocycles. The summed E-state index contributed by atoms with van der Waals surface area (Å²) in [5, 5.41) is 17.8. The van der Waals surface area contributed by atoms with Gasteiger partial charge < -0.3 is 10.4 Å². The number of benzene rings is 2. The fourth-order valence-electron chi connectivity index (χ4n) is 3.48. The average molecular weight is 466 g/mol. The van der Waals surface area contributed by atoms with E-state index in [4.69, 9.17) is 11.6 Å². The Labute approximate surface area is 188 Å². The number of carbonyl (C=O) groups excluding carboxylic acids is 1. The summed E-state index contributed by atoms with van der Waals surface area (Å²) in [7, 11) is 0. The SMILES string of the molecule is Cc1ccc(-n2nc(C)c(CC(=O)NCC(O)c3ccccc3C(F)(F)F)c2C)cc1Cl. The van der Waals surface area contributed by atoms with E-state index in [1.807, 2.05) is 26.0 Å². The Balaban J connectivity index is 1.71. The van der Waals surface area contributed by atoms with Crippen LogP contribution in [0.4, 0.5) is 13.2 Å². The molecule has 170 valence electrons. The molecular weight excluding hydrogens is 443 g/mol. The number of rotatable bonds is 6. The lowest BCUT2D eigenvalue weighted by atomic mass is 10.0. The minimum absolute atomic E-state index is 0.0229. The van der Waals surface area contributed by atoms with Crippen molar-refractivity contribution in [1.29, 1.82) is 0 Å². The normalized spacial score (nSPS) is 12.6. The summed E-state index contributed by atoms with van der Waals surface area (Å²) in [5.41, 5.74) is 2.58. The third kappa shape index (κ3) is 5.14. The maximum Gasteiger partial charge on any atom is 0.416 e. The number of nitrogens with zero attached hydrogens (tertiary/aromatic N) is 2. The highest BCUT2D eigenvalue weighted by Gasteiger charge is 2.34. The van der Waals surface area contributed by atoms with E-state index in [-0.39, 0.29) is 18.5 Å². The second-order valence-electron chi connectivity index (χ2n) is 7.58. The van der Waals surface area contributed by atoms with Gasteiger partial charge in [0, 0.05) is 22.8 Å². The fraction of sp³-hybridized carbons (Fsp3) is 0.304. The first-order valence-electron chi connectivity index (χ1n) is 9.91. The van der Waals surface area contributed by atoms with Gasteiger partial charge in [-0.2, -0.15) is 18.3 Å². The van der Waals surface area contributed by atoms with Crippen LogP contribution in [0.25, 0.3) is 5.69 Å². The molecule has 1 atom stereocenters. The first kappa shape index (κ1) is 23.8. The fourth-order valence-corrected chi connectivity index (χ4v) is 3.66. The van der Waals surface area contributed by atoms with Crippen molar-refractivity contribution in [2.45, 2.75) is 39.5 Å². The molecule has 0 saturated heterocycles. The lowest BCUT2D eigenvalue weighted by molar-refractivity contribution is -0.139. The highest BCUT2D eigenvalue weighted by atomic mass is 35.5. The van der Waals surface area contributed by atoms with Crippen molar-refractivity contribution in [3.05, 3.63) is 81.1 Å². The molecule has 9 heteroatoms. The summed E-state index contributed by atoms with van der Waals surface area (Å²) in [6.07, 6.45) is -6.11. The molecule has 0 saturated carbocycles. The number of aryl methyl sites for hydroxylation is 2. The molecule has 1 heterocycles. The Morgan fingerprint density at radius 1 is 1.19 bits per heavy atom. The van der Waals surface area contributed by atoms with Crippen LogP contribution in [0.5, 0.6) is 0 Å². The number of amides is 1. The van der Waals surface area contributed by atoms with Crippen molar-refractivity contribution in [2.75, 3.05) is 6.54 Å². The largest absolute Gasteiger partial charge is 0.416 e. The molecule has 0 bridgehead atoms. The lowest BCUT2D eigenvalue weighted by Crippen LogP contribution is -2.30. The van der Waals surface area contributed by atoms with Crippen LogP contribution in [0.1, 0.15) is 39.7 Å². The molecule has 2 aromatic carbocycles. The summed E-state index contributed by atoms with van der Waals surface area (Å²) >= 11 is 6.21. The minimum Gasteiger partial charge on any atom is -0.387 e. The molecule has 0 aliphatic carbocycles. The predicted octanol–water partition coefficient (Wildman–Crippen LogP) is 4.86. The number of aromatic nitrogens is 2. The second kappa shape index (κ2) is 9.34. The molecule has 3 aromatic rings. The van der Waals surface area contributed by atoms with Gasteiger partial charge in [0.1, 0.15) is 0 Å². The van der Waals surface area contributed by atoms with Crippen LogP contribution in [-0.2, 0) is 17.4 Å². The standard InChI is InChI=1S/C23H23ClF3N3O2/c1-13-8-9-16(10-20(13)24)30-15(3)18(14(2)29-30)11-22(32)28-12-21(31)17-6-4-5-7-19(17)23(25,26)27/h4-10,21,31H,11-12H2,1-3H3,(H,28,32). The quantitative estimate of drug-likeness (QED) is 0.546. The van der Waals surface area contributed by atoms with Crippen molar-refractivity contribution in [2.24, 2.45) is 0 Å². The first-order chi connectivity index (χ1) is 15.0. The number of halogens is 4. The molecule has 0 fully saturated rings. The zero-order chi connectivity index (χ0) is 23.6. The highest BCUT2D eigenvalue weighted by Crippen LogP contribution is 2.34. The van der Waals surface area contributed by atoms with Crippen molar-refractivity contribution >= 4 is 17.5 Å². The number of aliphatic hydroxyl groups is 1. The number of aliphatic hydroxyl groups excluding tert-OH is 1. The summed E-state index contributed by atoms with van der Waals surface area (Å²) in [6, 6.07) is 10.3. The van der Waals surface area contributed by atoms with E-state index in [1.165, 1.54) is 18.2 Å². The topological polar surface area (TPSA) is 67.2 Å². The van der Waals surface area contributed by atoms with Gasteiger partial charge in [-0.15, -0.1) is 0 Å². The first-order valence-corrected chi connectivity index (χ1v) is 10.3. The lowest BCUT2D eigenvalue weighted by Gasteiger charge is -2.18. The third-order valence-corrected chi connectivity index (χ3v) is 5.70. The Morgan fingerprint density at radius 3 is 2.53 bits per heavy atom. The molecular formula is C23H23ClF3N3O2. The number of hydrogen-bond donors (Lipinski definition) is 2. The van der Waals surface area contributed by atoms with E-state index >= 15 is 0 Å². The van der Waals surface area contributed by atoms with E-state index in [9.17, 15) is 23.1 Å². The molecule has 3 rings (SSSR count). The van der Waals surface area contributed by atoms with E-state index in [0.717, 1.165) is 23.0 Å². The monoisotopic (exact) mass is 465 g/mol. The maximum absolute atomic E-state index is 13.2. The third-order valence-electron chi connectivity index (χ3n) is 5.30. The highest BCUT2D eigenvalue weighted by molar-refractivity contribution is 6.31. The molecule has 0 aliphatic heterocycles. The van der Waals surface area contributed by atoms with Gasteiger partial charge in [0.15, 0.2) is 0 Å². The van der Waals surface area contributed by atoms with Gasteiger partial charge in [0.05, 0.1) is 29.5 Å². The Morgan fingerprint density at radius 2 is 1.88 bits per heavy atom. The van der Waals surface area contributed by atoms with Gasteiger partial charge in [-0.3, -0.25) is 4.79 Å². The van der Waals surface area contributed by atoms with Crippen LogP contribution in [0.3, 0.4) is 0 Å². The van der Waals surface area contributed by atoms with E-state index < -0.39 is 23.8 Å².